The van der Waals surface area contributed by atoms with E-state index in [1.165, 1.54) is 12.1 Å². The van der Waals surface area contributed by atoms with Gasteiger partial charge in [-0.25, -0.2) is 0 Å². The summed E-state index contributed by atoms with van der Waals surface area (Å²) in [6.07, 6.45) is -5.41. The third-order valence-electron chi connectivity index (χ3n) is 3.43. The Hall–Kier alpha value is -0.400. The molecule has 22 heavy (non-hydrogen) atoms. The van der Waals surface area contributed by atoms with Crippen molar-refractivity contribution >= 4 is 35.6 Å². The van der Waals surface area contributed by atoms with Gasteiger partial charge in [-0.3, -0.25) is 4.90 Å². The van der Waals surface area contributed by atoms with E-state index in [2.05, 4.69) is 5.32 Å². The maximum absolute atomic E-state index is 12.9. The normalized spacial score (nSPS) is 17.9. The van der Waals surface area contributed by atoms with Crippen LogP contribution in [0.25, 0.3) is 0 Å². The molecule has 1 atom stereocenters. The molecular formula is C13H16Cl3F3N2O. The van der Waals surface area contributed by atoms with E-state index in [4.69, 9.17) is 23.2 Å². The standard InChI is InChI=1S/C13H15Cl2F3N2O.ClH/c14-8-5-9(12(21)10(15)6-8)11(7-13(16,17)18)20-3-1-19-2-4-20;/h5-6,11,19,21H,1-4,7H2;1H/t11-;/m0./s1. The molecule has 0 aromatic heterocycles. The van der Waals surface area contributed by atoms with Gasteiger partial charge in [-0.05, 0) is 12.1 Å². The van der Waals surface area contributed by atoms with Crippen LogP contribution in [0.3, 0.4) is 0 Å². The number of aromatic hydroxyl groups is 1. The third-order valence-corrected chi connectivity index (χ3v) is 3.94. The van der Waals surface area contributed by atoms with Gasteiger partial charge in [-0.2, -0.15) is 13.2 Å². The molecule has 9 heteroatoms. The van der Waals surface area contributed by atoms with Crippen molar-refractivity contribution in [1.29, 1.82) is 0 Å². The van der Waals surface area contributed by atoms with Gasteiger partial charge in [0, 0.05) is 42.8 Å². The fraction of sp³-hybridized carbons (Fsp3) is 0.538. The molecule has 1 saturated heterocycles. The molecule has 126 valence electrons. The zero-order valence-corrected chi connectivity index (χ0v) is 13.8. The second-order valence-electron chi connectivity index (χ2n) is 4.95. The van der Waals surface area contributed by atoms with Crippen molar-refractivity contribution in [1.82, 2.24) is 10.2 Å². The Morgan fingerprint density at radius 1 is 1.23 bits per heavy atom. The molecule has 0 aliphatic carbocycles. The van der Waals surface area contributed by atoms with Gasteiger partial charge in [-0.15, -0.1) is 12.4 Å². The minimum absolute atomic E-state index is 0. The number of alkyl halides is 3. The van der Waals surface area contributed by atoms with Gasteiger partial charge in [0.15, 0.2) is 0 Å². The lowest BCUT2D eigenvalue weighted by molar-refractivity contribution is -0.148. The topological polar surface area (TPSA) is 35.5 Å². The van der Waals surface area contributed by atoms with Crippen LogP contribution in [-0.4, -0.2) is 42.4 Å². The van der Waals surface area contributed by atoms with E-state index in [9.17, 15) is 18.3 Å². The smallest absolute Gasteiger partial charge is 0.390 e. The molecule has 0 radical (unpaired) electrons. The zero-order chi connectivity index (χ0) is 15.6. The molecule has 0 spiro atoms. The Morgan fingerprint density at radius 2 is 1.82 bits per heavy atom. The van der Waals surface area contributed by atoms with E-state index in [-0.39, 0.29) is 33.8 Å². The average Bonchev–Trinajstić information content (AvgIpc) is 2.40. The summed E-state index contributed by atoms with van der Waals surface area (Å²) in [4.78, 5) is 1.69. The van der Waals surface area contributed by atoms with Crippen molar-refractivity contribution in [2.75, 3.05) is 26.2 Å². The molecular weight excluding hydrogens is 364 g/mol. The zero-order valence-electron chi connectivity index (χ0n) is 11.5. The van der Waals surface area contributed by atoms with Crippen molar-refractivity contribution in [2.24, 2.45) is 0 Å². The quantitative estimate of drug-likeness (QED) is 0.833. The predicted octanol–water partition coefficient (Wildman–Crippen LogP) is 4.02. The molecule has 0 unspecified atom stereocenters. The monoisotopic (exact) mass is 378 g/mol. The molecule has 2 rings (SSSR count). The lowest BCUT2D eigenvalue weighted by Gasteiger charge is -2.36. The summed E-state index contributed by atoms with van der Waals surface area (Å²) in [6.45, 7) is 2.13. The average molecular weight is 380 g/mol. The largest absolute Gasteiger partial charge is 0.506 e. The molecule has 1 aliphatic heterocycles. The van der Waals surface area contributed by atoms with Crippen LogP contribution in [-0.2, 0) is 0 Å². The lowest BCUT2D eigenvalue weighted by atomic mass is 9.99. The number of rotatable bonds is 3. The van der Waals surface area contributed by atoms with Crippen LogP contribution in [0.15, 0.2) is 12.1 Å². The fourth-order valence-electron chi connectivity index (χ4n) is 2.49. The van der Waals surface area contributed by atoms with Gasteiger partial charge in [0.1, 0.15) is 5.75 Å². The predicted molar refractivity (Wildman–Crippen MR) is 83.2 cm³/mol. The summed E-state index contributed by atoms with van der Waals surface area (Å²) >= 11 is 11.7. The number of phenolic OH excluding ortho intramolecular Hbond substituents is 1. The minimum atomic E-state index is -4.35. The summed E-state index contributed by atoms with van der Waals surface area (Å²) in [5.41, 5.74) is 0.117. The highest BCUT2D eigenvalue weighted by Gasteiger charge is 2.37. The van der Waals surface area contributed by atoms with Crippen LogP contribution >= 0.6 is 35.6 Å². The Kier molecular flexibility index (Phi) is 7.08. The number of nitrogens with one attached hydrogen (secondary N) is 1. The molecule has 0 amide bonds. The van der Waals surface area contributed by atoms with E-state index in [0.29, 0.717) is 26.2 Å². The van der Waals surface area contributed by atoms with Gasteiger partial charge < -0.3 is 10.4 Å². The van der Waals surface area contributed by atoms with Crippen molar-refractivity contribution in [3.05, 3.63) is 27.7 Å². The molecule has 2 N–H and O–H groups in total. The molecule has 0 bridgehead atoms. The van der Waals surface area contributed by atoms with E-state index in [1.807, 2.05) is 0 Å². The Labute approximate surface area is 142 Å². The second kappa shape index (κ2) is 7.93. The first-order chi connectivity index (χ1) is 9.78. The Balaban J connectivity index is 0.00000242. The first-order valence-electron chi connectivity index (χ1n) is 6.47. The molecule has 1 aromatic rings. The van der Waals surface area contributed by atoms with Crippen molar-refractivity contribution in [3.63, 3.8) is 0 Å². The highest BCUT2D eigenvalue weighted by molar-refractivity contribution is 6.35. The number of hydrogen-bond acceptors (Lipinski definition) is 3. The third kappa shape index (κ3) is 5.06. The summed E-state index contributed by atoms with van der Waals surface area (Å²) in [5, 5.41) is 13.3. The molecule has 3 nitrogen and oxygen atoms in total. The lowest BCUT2D eigenvalue weighted by Crippen LogP contribution is -2.46. The summed E-state index contributed by atoms with van der Waals surface area (Å²) in [5.74, 6) is -0.339. The van der Waals surface area contributed by atoms with Crippen LogP contribution in [0, 0.1) is 0 Å². The SMILES string of the molecule is Cl.Oc1c(Cl)cc(Cl)cc1[C@H](CC(F)(F)F)N1CCNCC1. The van der Waals surface area contributed by atoms with E-state index in [0.717, 1.165) is 0 Å². The highest BCUT2D eigenvalue weighted by atomic mass is 35.5. The van der Waals surface area contributed by atoms with Crippen LogP contribution in [0.2, 0.25) is 10.0 Å². The number of benzene rings is 1. The first kappa shape index (κ1) is 19.6. The number of nitrogens with zero attached hydrogens (tertiary/aromatic N) is 1. The van der Waals surface area contributed by atoms with Gasteiger partial charge in [0.25, 0.3) is 0 Å². The number of phenols is 1. The second-order valence-corrected chi connectivity index (χ2v) is 5.79. The number of halogens is 6. The van der Waals surface area contributed by atoms with E-state index >= 15 is 0 Å². The molecule has 1 aromatic carbocycles. The minimum Gasteiger partial charge on any atom is -0.506 e. The number of hydrogen-bond donors (Lipinski definition) is 2. The highest BCUT2D eigenvalue weighted by Crippen LogP contribution is 2.41. The van der Waals surface area contributed by atoms with Crippen LogP contribution in [0.5, 0.6) is 5.75 Å². The van der Waals surface area contributed by atoms with Crippen molar-refractivity contribution in [3.8, 4) is 5.75 Å². The van der Waals surface area contributed by atoms with Gasteiger partial charge in [-0.1, -0.05) is 23.2 Å². The Bertz CT molecular complexity index is 508. The maximum atomic E-state index is 12.9. The van der Waals surface area contributed by atoms with E-state index in [1.54, 1.807) is 4.90 Å². The molecule has 0 saturated carbocycles. The van der Waals surface area contributed by atoms with Crippen LogP contribution < -0.4 is 5.32 Å². The Morgan fingerprint density at radius 3 is 2.36 bits per heavy atom. The first-order valence-corrected chi connectivity index (χ1v) is 7.23. The van der Waals surface area contributed by atoms with Crippen LogP contribution in [0.1, 0.15) is 18.0 Å². The van der Waals surface area contributed by atoms with Gasteiger partial charge >= 0.3 is 6.18 Å². The van der Waals surface area contributed by atoms with E-state index < -0.39 is 18.6 Å². The van der Waals surface area contributed by atoms with Crippen molar-refractivity contribution in [2.45, 2.75) is 18.6 Å². The van der Waals surface area contributed by atoms with Crippen LogP contribution in [0.4, 0.5) is 13.2 Å². The molecule has 1 aliphatic rings. The van der Waals surface area contributed by atoms with Gasteiger partial charge in [0.05, 0.1) is 11.4 Å². The van der Waals surface area contributed by atoms with Gasteiger partial charge in [0.2, 0.25) is 0 Å². The summed E-state index contributed by atoms with van der Waals surface area (Å²) in [7, 11) is 0. The molecule has 1 heterocycles. The summed E-state index contributed by atoms with van der Waals surface area (Å²) in [6, 6.07) is 1.66. The molecule has 1 fully saturated rings. The van der Waals surface area contributed by atoms with Crippen molar-refractivity contribution < 1.29 is 18.3 Å². The fourth-order valence-corrected chi connectivity index (χ4v) is 3.00. The maximum Gasteiger partial charge on any atom is 0.390 e. The summed E-state index contributed by atoms with van der Waals surface area (Å²) < 4.78 is 38.7. The number of piperazine rings is 1.